The zero-order chi connectivity index (χ0) is 15.0. The molecule has 0 aliphatic rings. The highest BCUT2D eigenvalue weighted by Crippen LogP contribution is 2.36. The first-order valence-corrected chi connectivity index (χ1v) is 7.61. The van der Waals surface area contributed by atoms with Crippen molar-refractivity contribution >= 4 is 46.1 Å². The highest BCUT2D eigenvalue weighted by molar-refractivity contribution is 7.18. The van der Waals surface area contributed by atoms with Crippen LogP contribution in [0.1, 0.15) is 0 Å². The second-order valence-corrected chi connectivity index (χ2v) is 6.33. The molecule has 0 aliphatic heterocycles. The monoisotopic (exact) mass is 359 g/mol. The van der Waals surface area contributed by atoms with E-state index >= 15 is 0 Å². The Morgan fingerprint density at radius 1 is 1.00 bits per heavy atom. The van der Waals surface area contributed by atoms with E-state index in [1.807, 2.05) is 0 Å². The average molecular weight is 361 g/mol. The molecule has 0 fully saturated rings. The Morgan fingerprint density at radius 3 is 2.24 bits per heavy atom. The van der Waals surface area contributed by atoms with Crippen molar-refractivity contribution in [3.8, 4) is 22.0 Å². The van der Waals surface area contributed by atoms with Gasteiger partial charge in [-0.1, -0.05) is 64.3 Å². The van der Waals surface area contributed by atoms with E-state index in [0.29, 0.717) is 9.34 Å². The molecule has 0 amide bonds. The summed E-state index contributed by atoms with van der Waals surface area (Å²) in [6.07, 6.45) is 1.48. The van der Waals surface area contributed by atoms with Crippen LogP contribution in [0.3, 0.4) is 0 Å². The topological polar surface area (TPSA) is 38.7 Å². The summed E-state index contributed by atoms with van der Waals surface area (Å²) in [6, 6.07) is 6.13. The molecule has 21 heavy (non-hydrogen) atoms. The summed E-state index contributed by atoms with van der Waals surface area (Å²) in [5.41, 5.74) is 0.499. The van der Waals surface area contributed by atoms with Crippen LogP contribution >= 0.6 is 46.1 Å². The van der Waals surface area contributed by atoms with Crippen molar-refractivity contribution in [2.75, 3.05) is 0 Å². The zero-order valence-corrected chi connectivity index (χ0v) is 13.2. The summed E-state index contributed by atoms with van der Waals surface area (Å²) in [7, 11) is 0. The normalized spacial score (nSPS) is 10.9. The standard InChI is InChI=1S/C13H5Cl3FN3S/c14-8-5-18-13(21-8)12-19-10(15)9(11(16)20-12)6-3-1-2-4-7(6)17/h1-5H. The highest BCUT2D eigenvalue weighted by atomic mass is 35.5. The SMILES string of the molecule is Fc1ccccc1-c1c(Cl)nc(-c2ncc(Cl)s2)nc1Cl. The Bertz CT molecular complexity index is 799. The third-order valence-corrected chi connectivity index (χ3v) is 4.29. The molecule has 0 spiro atoms. The van der Waals surface area contributed by atoms with Gasteiger partial charge in [0.05, 0.1) is 11.8 Å². The highest BCUT2D eigenvalue weighted by Gasteiger charge is 2.18. The molecule has 3 nitrogen and oxygen atoms in total. The van der Waals surface area contributed by atoms with Crippen molar-refractivity contribution in [3.05, 3.63) is 50.9 Å². The van der Waals surface area contributed by atoms with Crippen molar-refractivity contribution in [3.63, 3.8) is 0 Å². The molecule has 0 bridgehead atoms. The molecule has 0 N–H and O–H groups in total. The van der Waals surface area contributed by atoms with Crippen LogP contribution in [0.4, 0.5) is 4.39 Å². The third-order valence-electron chi connectivity index (χ3n) is 2.63. The molecule has 1 aromatic carbocycles. The van der Waals surface area contributed by atoms with Gasteiger partial charge >= 0.3 is 0 Å². The lowest BCUT2D eigenvalue weighted by molar-refractivity contribution is 0.631. The van der Waals surface area contributed by atoms with Gasteiger partial charge in [-0.3, -0.25) is 0 Å². The van der Waals surface area contributed by atoms with Crippen molar-refractivity contribution in [1.29, 1.82) is 0 Å². The fourth-order valence-electron chi connectivity index (χ4n) is 1.75. The van der Waals surface area contributed by atoms with Crippen LogP contribution in [0.2, 0.25) is 14.6 Å². The summed E-state index contributed by atoms with van der Waals surface area (Å²) in [6.45, 7) is 0. The van der Waals surface area contributed by atoms with Crippen LogP contribution in [-0.4, -0.2) is 15.0 Å². The summed E-state index contributed by atoms with van der Waals surface area (Å²) in [5.74, 6) is -0.197. The first-order chi connectivity index (χ1) is 10.1. The van der Waals surface area contributed by atoms with Gasteiger partial charge in [0.2, 0.25) is 0 Å². The number of aromatic nitrogens is 3. The van der Waals surface area contributed by atoms with E-state index in [0.717, 1.165) is 0 Å². The summed E-state index contributed by atoms with van der Waals surface area (Å²) < 4.78 is 14.4. The van der Waals surface area contributed by atoms with E-state index in [1.54, 1.807) is 18.2 Å². The van der Waals surface area contributed by atoms with Gasteiger partial charge < -0.3 is 0 Å². The van der Waals surface area contributed by atoms with Crippen LogP contribution < -0.4 is 0 Å². The Labute approximate surface area is 138 Å². The number of hydrogen-bond acceptors (Lipinski definition) is 4. The largest absolute Gasteiger partial charge is 0.240 e. The van der Waals surface area contributed by atoms with Crippen molar-refractivity contribution in [2.45, 2.75) is 0 Å². The Morgan fingerprint density at radius 2 is 1.67 bits per heavy atom. The minimum atomic E-state index is -0.449. The number of hydrogen-bond donors (Lipinski definition) is 0. The van der Waals surface area contributed by atoms with Gasteiger partial charge in [-0.2, -0.15) is 0 Å². The summed E-state index contributed by atoms with van der Waals surface area (Å²) in [5, 5.41) is 0.603. The van der Waals surface area contributed by atoms with Gasteiger partial charge in [-0.25, -0.2) is 19.3 Å². The molecule has 106 valence electrons. The minimum Gasteiger partial charge on any atom is -0.240 e. The lowest BCUT2D eigenvalue weighted by atomic mass is 10.1. The first kappa shape index (κ1) is 14.7. The van der Waals surface area contributed by atoms with Gasteiger partial charge in [0, 0.05) is 5.56 Å². The lowest BCUT2D eigenvalue weighted by Crippen LogP contribution is -1.95. The predicted octanol–water partition coefficient (Wildman–Crippen LogP) is 5.37. The van der Waals surface area contributed by atoms with Gasteiger partial charge in [-0.05, 0) is 6.07 Å². The van der Waals surface area contributed by atoms with E-state index < -0.39 is 5.82 Å². The maximum Gasteiger partial charge on any atom is 0.191 e. The second kappa shape index (κ2) is 5.85. The first-order valence-electron chi connectivity index (χ1n) is 5.66. The maximum atomic E-state index is 13.9. The number of rotatable bonds is 2. The number of nitrogens with zero attached hydrogens (tertiary/aromatic N) is 3. The molecule has 3 rings (SSSR count). The predicted molar refractivity (Wildman–Crippen MR) is 83.6 cm³/mol. The van der Waals surface area contributed by atoms with E-state index in [2.05, 4.69) is 15.0 Å². The van der Waals surface area contributed by atoms with E-state index in [-0.39, 0.29) is 27.3 Å². The molecular formula is C13H5Cl3FN3S. The van der Waals surface area contributed by atoms with E-state index in [1.165, 1.54) is 23.6 Å². The molecule has 8 heteroatoms. The zero-order valence-electron chi connectivity index (χ0n) is 10.1. The fourth-order valence-corrected chi connectivity index (χ4v) is 3.18. The van der Waals surface area contributed by atoms with Gasteiger partial charge in [0.25, 0.3) is 0 Å². The van der Waals surface area contributed by atoms with Gasteiger partial charge in [-0.15, -0.1) is 0 Å². The quantitative estimate of drug-likeness (QED) is 0.577. The molecule has 2 heterocycles. The average Bonchev–Trinajstić information content (AvgIpc) is 2.87. The second-order valence-electron chi connectivity index (χ2n) is 3.95. The van der Waals surface area contributed by atoms with Crippen LogP contribution in [0, 0.1) is 5.82 Å². The van der Waals surface area contributed by atoms with Crippen LogP contribution in [-0.2, 0) is 0 Å². The molecule has 3 aromatic rings. The molecular weight excluding hydrogens is 356 g/mol. The molecule has 0 unspecified atom stereocenters. The molecule has 0 saturated heterocycles. The maximum absolute atomic E-state index is 13.9. The summed E-state index contributed by atoms with van der Waals surface area (Å²) in [4.78, 5) is 12.3. The van der Waals surface area contributed by atoms with Gasteiger partial charge in [0.15, 0.2) is 10.8 Å². The van der Waals surface area contributed by atoms with Crippen LogP contribution in [0.5, 0.6) is 0 Å². The van der Waals surface area contributed by atoms with E-state index in [9.17, 15) is 4.39 Å². The Kier molecular flexibility index (Phi) is 4.08. The Hall–Kier alpha value is -1.27. The fraction of sp³-hybridized carbons (Fsp3) is 0. The minimum absolute atomic E-state index is 0.0569. The Balaban J connectivity index is 2.15. The van der Waals surface area contributed by atoms with Crippen LogP contribution in [0.15, 0.2) is 30.5 Å². The van der Waals surface area contributed by atoms with Crippen LogP contribution in [0.25, 0.3) is 22.0 Å². The van der Waals surface area contributed by atoms with Crippen molar-refractivity contribution in [2.24, 2.45) is 0 Å². The molecule has 2 aromatic heterocycles. The number of benzene rings is 1. The number of thiazole rings is 1. The molecule has 0 atom stereocenters. The molecule has 0 aliphatic carbocycles. The number of halogens is 4. The van der Waals surface area contributed by atoms with Crippen molar-refractivity contribution < 1.29 is 4.39 Å². The third kappa shape index (κ3) is 2.87. The van der Waals surface area contributed by atoms with E-state index in [4.69, 9.17) is 34.8 Å². The van der Waals surface area contributed by atoms with Gasteiger partial charge in [0.1, 0.15) is 20.5 Å². The summed E-state index contributed by atoms with van der Waals surface area (Å²) >= 11 is 19.3. The van der Waals surface area contributed by atoms with Crippen molar-refractivity contribution in [1.82, 2.24) is 15.0 Å². The molecule has 0 radical (unpaired) electrons. The lowest BCUT2D eigenvalue weighted by Gasteiger charge is -2.08. The smallest absolute Gasteiger partial charge is 0.191 e. The molecule has 0 saturated carbocycles.